The fraction of sp³-hybridized carbons (Fsp3) is 0.462. The average molecular weight is 251 g/mol. The van der Waals surface area contributed by atoms with E-state index in [1.54, 1.807) is 7.05 Å². The van der Waals surface area contributed by atoms with E-state index in [4.69, 9.17) is 9.47 Å². The minimum Gasteiger partial charge on any atom is -0.490 e. The van der Waals surface area contributed by atoms with Crippen LogP contribution in [0.15, 0.2) is 18.2 Å². The molecule has 0 saturated carbocycles. The van der Waals surface area contributed by atoms with Gasteiger partial charge in [-0.1, -0.05) is 6.07 Å². The van der Waals surface area contributed by atoms with E-state index >= 15 is 0 Å². The van der Waals surface area contributed by atoms with Gasteiger partial charge in [-0.05, 0) is 17.7 Å². The van der Waals surface area contributed by atoms with Gasteiger partial charge in [-0.2, -0.15) is 0 Å². The molecule has 18 heavy (non-hydrogen) atoms. The number of carbonyl (C=O) groups excluding carboxylic acids is 1. The maximum absolute atomic E-state index is 11.3. The van der Waals surface area contributed by atoms with Crippen molar-refractivity contribution in [2.45, 2.75) is 13.0 Å². The molecule has 0 bridgehead atoms. The lowest BCUT2D eigenvalue weighted by atomic mass is 10.2. The number of ether oxygens (including phenoxy) is 3. The highest BCUT2D eigenvalue weighted by atomic mass is 16.5. The molecule has 1 amide bonds. The third kappa shape index (κ3) is 2.85. The van der Waals surface area contributed by atoms with Crippen molar-refractivity contribution in [3.05, 3.63) is 23.8 Å². The van der Waals surface area contributed by atoms with E-state index in [9.17, 15) is 4.79 Å². The van der Waals surface area contributed by atoms with Crippen molar-refractivity contribution in [1.29, 1.82) is 0 Å². The number of hydrogen-bond acceptors (Lipinski definition) is 4. The van der Waals surface area contributed by atoms with Crippen LogP contribution >= 0.6 is 0 Å². The number of benzene rings is 1. The number of carbonyl (C=O) groups is 1. The Morgan fingerprint density at radius 1 is 1.33 bits per heavy atom. The molecule has 0 unspecified atom stereocenters. The molecule has 0 aliphatic carbocycles. The Bertz CT molecular complexity index is 433. The molecule has 1 heterocycles. The number of amides is 1. The van der Waals surface area contributed by atoms with Gasteiger partial charge in [0.1, 0.15) is 0 Å². The van der Waals surface area contributed by atoms with Crippen LogP contribution in [0.25, 0.3) is 0 Å². The number of methoxy groups -OCH3 is 1. The van der Waals surface area contributed by atoms with Gasteiger partial charge >= 0.3 is 6.09 Å². The molecule has 98 valence electrons. The zero-order chi connectivity index (χ0) is 13.0. The van der Waals surface area contributed by atoms with Crippen molar-refractivity contribution in [3.8, 4) is 11.5 Å². The first kappa shape index (κ1) is 12.5. The first-order valence-corrected chi connectivity index (χ1v) is 5.88. The molecule has 2 rings (SSSR count). The van der Waals surface area contributed by atoms with Crippen LogP contribution < -0.4 is 9.47 Å². The maximum Gasteiger partial charge on any atom is 0.409 e. The summed E-state index contributed by atoms with van der Waals surface area (Å²) in [6.07, 6.45) is 0.522. The molecule has 1 aliphatic rings. The lowest BCUT2D eigenvalue weighted by Gasteiger charge is -2.16. The lowest BCUT2D eigenvalue weighted by molar-refractivity contribution is 0.131. The molecule has 1 aromatic rings. The zero-order valence-corrected chi connectivity index (χ0v) is 10.6. The smallest absolute Gasteiger partial charge is 0.409 e. The largest absolute Gasteiger partial charge is 0.490 e. The Kier molecular flexibility index (Phi) is 3.92. The summed E-state index contributed by atoms with van der Waals surface area (Å²) in [5.41, 5.74) is 0.979. The molecule has 0 N–H and O–H groups in total. The van der Waals surface area contributed by atoms with Crippen LogP contribution in [0.3, 0.4) is 0 Å². The third-order valence-electron chi connectivity index (χ3n) is 2.72. The molecule has 0 fully saturated rings. The van der Waals surface area contributed by atoms with E-state index in [0.717, 1.165) is 23.5 Å². The summed E-state index contributed by atoms with van der Waals surface area (Å²) in [5.74, 6) is 1.50. The van der Waals surface area contributed by atoms with Crippen LogP contribution in [0.1, 0.15) is 12.0 Å². The Balaban J connectivity index is 2.10. The summed E-state index contributed by atoms with van der Waals surface area (Å²) in [7, 11) is 3.06. The number of fused-ring (bicyclic) bond motifs is 1. The number of nitrogens with zero attached hydrogens (tertiary/aromatic N) is 1. The molecule has 5 heteroatoms. The van der Waals surface area contributed by atoms with Gasteiger partial charge in [0.2, 0.25) is 0 Å². The first-order chi connectivity index (χ1) is 8.70. The Hall–Kier alpha value is -1.91. The summed E-state index contributed by atoms with van der Waals surface area (Å²) in [4.78, 5) is 12.8. The Morgan fingerprint density at radius 2 is 2.06 bits per heavy atom. The Labute approximate surface area is 106 Å². The second-order valence-electron chi connectivity index (χ2n) is 4.16. The van der Waals surface area contributed by atoms with Crippen LogP contribution in [0.2, 0.25) is 0 Å². The minimum atomic E-state index is -0.359. The van der Waals surface area contributed by atoms with E-state index in [2.05, 4.69) is 4.74 Å². The highest BCUT2D eigenvalue weighted by Crippen LogP contribution is 2.30. The van der Waals surface area contributed by atoms with Crippen LogP contribution in [0.4, 0.5) is 4.79 Å². The lowest BCUT2D eigenvalue weighted by Crippen LogP contribution is -2.25. The normalized spacial score (nSPS) is 13.7. The van der Waals surface area contributed by atoms with Crippen LogP contribution in [0, 0.1) is 0 Å². The van der Waals surface area contributed by atoms with Gasteiger partial charge in [-0.25, -0.2) is 4.79 Å². The zero-order valence-electron chi connectivity index (χ0n) is 10.6. The molecule has 0 aromatic heterocycles. The van der Waals surface area contributed by atoms with Crippen molar-refractivity contribution in [3.63, 3.8) is 0 Å². The predicted octanol–water partition coefficient (Wildman–Crippen LogP) is 2.05. The fourth-order valence-corrected chi connectivity index (χ4v) is 1.80. The van der Waals surface area contributed by atoms with E-state index < -0.39 is 0 Å². The van der Waals surface area contributed by atoms with Gasteiger partial charge in [0.15, 0.2) is 11.5 Å². The monoisotopic (exact) mass is 251 g/mol. The molecule has 0 radical (unpaired) electrons. The molecule has 0 spiro atoms. The van der Waals surface area contributed by atoms with Gasteiger partial charge in [-0.15, -0.1) is 0 Å². The van der Waals surface area contributed by atoms with E-state index in [1.165, 1.54) is 12.0 Å². The van der Waals surface area contributed by atoms with Gasteiger partial charge in [0.25, 0.3) is 0 Å². The predicted molar refractivity (Wildman–Crippen MR) is 65.9 cm³/mol. The summed E-state index contributed by atoms with van der Waals surface area (Å²) >= 11 is 0. The average Bonchev–Trinajstić information content (AvgIpc) is 2.62. The van der Waals surface area contributed by atoms with Crippen molar-refractivity contribution >= 4 is 6.09 Å². The van der Waals surface area contributed by atoms with Gasteiger partial charge in [-0.3, -0.25) is 0 Å². The third-order valence-corrected chi connectivity index (χ3v) is 2.72. The first-order valence-electron chi connectivity index (χ1n) is 5.88. The summed E-state index contributed by atoms with van der Waals surface area (Å²) in [6.45, 7) is 1.81. The molecule has 0 saturated heterocycles. The quantitative estimate of drug-likeness (QED) is 0.807. The topological polar surface area (TPSA) is 48.0 Å². The minimum absolute atomic E-state index is 0.359. The highest BCUT2D eigenvalue weighted by molar-refractivity contribution is 5.67. The maximum atomic E-state index is 11.3. The SMILES string of the molecule is COC(=O)N(C)Cc1ccc2c(c1)OCCCO2. The molecule has 1 aromatic carbocycles. The second-order valence-corrected chi connectivity index (χ2v) is 4.16. The Morgan fingerprint density at radius 3 is 2.78 bits per heavy atom. The van der Waals surface area contributed by atoms with Crippen LogP contribution in [-0.4, -0.2) is 38.4 Å². The van der Waals surface area contributed by atoms with E-state index in [0.29, 0.717) is 19.8 Å². The van der Waals surface area contributed by atoms with Crippen molar-refractivity contribution in [2.75, 3.05) is 27.4 Å². The molecule has 1 aliphatic heterocycles. The summed E-state index contributed by atoms with van der Waals surface area (Å²) < 4.78 is 15.8. The van der Waals surface area contributed by atoms with Crippen molar-refractivity contribution in [1.82, 2.24) is 4.90 Å². The molecular formula is C13H17NO4. The van der Waals surface area contributed by atoms with Crippen molar-refractivity contribution in [2.24, 2.45) is 0 Å². The van der Waals surface area contributed by atoms with Gasteiger partial charge in [0.05, 0.1) is 20.3 Å². The molecule has 5 nitrogen and oxygen atoms in total. The molecule has 0 atom stereocenters. The second kappa shape index (κ2) is 5.62. The standard InChI is InChI=1S/C13H17NO4/c1-14(13(15)16-2)9-10-4-5-11-12(8-10)18-7-3-6-17-11/h4-5,8H,3,6-7,9H2,1-2H3. The summed E-state index contributed by atoms with van der Waals surface area (Å²) in [5, 5.41) is 0. The van der Waals surface area contributed by atoms with E-state index in [1.807, 2.05) is 18.2 Å². The van der Waals surface area contributed by atoms with Gasteiger partial charge < -0.3 is 19.1 Å². The van der Waals surface area contributed by atoms with Gasteiger partial charge in [0, 0.05) is 20.0 Å². The van der Waals surface area contributed by atoms with Crippen LogP contribution in [-0.2, 0) is 11.3 Å². The molecular weight excluding hydrogens is 234 g/mol. The summed E-state index contributed by atoms with van der Waals surface area (Å²) in [6, 6.07) is 5.70. The van der Waals surface area contributed by atoms with E-state index in [-0.39, 0.29) is 6.09 Å². The van der Waals surface area contributed by atoms with Crippen LogP contribution in [0.5, 0.6) is 11.5 Å². The highest BCUT2D eigenvalue weighted by Gasteiger charge is 2.13. The fourth-order valence-electron chi connectivity index (χ4n) is 1.80. The number of hydrogen-bond donors (Lipinski definition) is 0. The number of rotatable bonds is 2. The van der Waals surface area contributed by atoms with Crippen molar-refractivity contribution < 1.29 is 19.0 Å².